The van der Waals surface area contributed by atoms with Crippen molar-refractivity contribution in [2.24, 2.45) is 0 Å². The van der Waals surface area contributed by atoms with E-state index in [2.05, 4.69) is 22.4 Å². The number of nitro groups is 1. The number of benzene rings is 1. The molecule has 0 fully saturated rings. The Labute approximate surface area is 155 Å². The summed E-state index contributed by atoms with van der Waals surface area (Å²) in [6.45, 7) is 4.80. The molecule has 26 heavy (non-hydrogen) atoms. The summed E-state index contributed by atoms with van der Waals surface area (Å²) >= 11 is 1.27. The number of rotatable bonds is 9. The van der Waals surface area contributed by atoms with Gasteiger partial charge in [-0.2, -0.15) is 0 Å². The zero-order valence-electron chi connectivity index (χ0n) is 14.9. The molecular weight excluding hydrogens is 358 g/mol. The molecule has 9 nitrogen and oxygen atoms in total. The van der Waals surface area contributed by atoms with Crippen molar-refractivity contribution in [3.8, 4) is 5.75 Å². The van der Waals surface area contributed by atoms with Crippen molar-refractivity contribution in [3.63, 3.8) is 0 Å². The summed E-state index contributed by atoms with van der Waals surface area (Å²) < 4.78 is 7.12. The summed E-state index contributed by atoms with van der Waals surface area (Å²) in [5.41, 5.74) is 0.139. The van der Waals surface area contributed by atoms with E-state index in [9.17, 15) is 14.9 Å². The predicted molar refractivity (Wildman–Crippen MR) is 98.7 cm³/mol. The smallest absolute Gasteiger partial charge is 0.271 e. The number of carbonyl (C=O) groups excluding carboxylic acids is 1. The second-order valence-corrected chi connectivity index (χ2v) is 6.31. The molecule has 1 amide bonds. The van der Waals surface area contributed by atoms with Gasteiger partial charge < -0.3 is 14.6 Å². The Bertz CT molecular complexity index is 793. The molecule has 2 rings (SSSR count). The summed E-state index contributed by atoms with van der Waals surface area (Å²) in [6.07, 6.45) is 1.80. The highest BCUT2D eigenvalue weighted by Crippen LogP contribution is 2.29. The fourth-order valence-corrected chi connectivity index (χ4v) is 3.20. The van der Waals surface area contributed by atoms with Crippen LogP contribution in [0.25, 0.3) is 0 Å². The van der Waals surface area contributed by atoms with Crippen LogP contribution in [0.5, 0.6) is 5.75 Å². The van der Waals surface area contributed by atoms with Crippen LogP contribution in [-0.2, 0) is 17.8 Å². The average Bonchev–Trinajstić information content (AvgIpc) is 3.01. The van der Waals surface area contributed by atoms with E-state index in [1.54, 1.807) is 0 Å². The highest BCUT2D eigenvalue weighted by molar-refractivity contribution is 7.99. The molecule has 1 heterocycles. The monoisotopic (exact) mass is 379 g/mol. The van der Waals surface area contributed by atoms with E-state index in [0.29, 0.717) is 10.9 Å². The van der Waals surface area contributed by atoms with Gasteiger partial charge in [-0.05, 0) is 19.4 Å². The lowest BCUT2D eigenvalue weighted by Crippen LogP contribution is -2.15. The van der Waals surface area contributed by atoms with Crippen LogP contribution >= 0.6 is 11.8 Å². The number of methoxy groups -OCH3 is 1. The molecule has 10 heteroatoms. The number of nitrogens with one attached hydrogen (secondary N) is 1. The van der Waals surface area contributed by atoms with E-state index in [1.807, 2.05) is 11.5 Å². The van der Waals surface area contributed by atoms with E-state index >= 15 is 0 Å². The van der Waals surface area contributed by atoms with Gasteiger partial charge in [0.15, 0.2) is 5.16 Å². The third kappa shape index (κ3) is 4.72. The van der Waals surface area contributed by atoms with Gasteiger partial charge in [-0.15, -0.1) is 10.2 Å². The minimum absolute atomic E-state index is 0.107. The lowest BCUT2D eigenvalue weighted by molar-refractivity contribution is -0.384. The number of hydrogen-bond acceptors (Lipinski definition) is 7. The molecule has 1 N–H and O–H groups in total. The Morgan fingerprint density at radius 1 is 1.38 bits per heavy atom. The number of carbonyl (C=O) groups is 1. The van der Waals surface area contributed by atoms with Gasteiger partial charge in [0.05, 0.1) is 23.5 Å². The van der Waals surface area contributed by atoms with Crippen LogP contribution in [0.2, 0.25) is 0 Å². The molecule has 1 aromatic carbocycles. The van der Waals surface area contributed by atoms with Crippen LogP contribution in [0.3, 0.4) is 0 Å². The van der Waals surface area contributed by atoms with Gasteiger partial charge in [-0.25, -0.2) is 0 Å². The van der Waals surface area contributed by atoms with E-state index in [1.165, 1.54) is 37.1 Å². The van der Waals surface area contributed by atoms with Crippen LogP contribution < -0.4 is 10.1 Å². The third-order valence-electron chi connectivity index (χ3n) is 3.58. The number of hydrogen-bond donors (Lipinski definition) is 1. The van der Waals surface area contributed by atoms with Crippen molar-refractivity contribution in [3.05, 3.63) is 34.1 Å². The van der Waals surface area contributed by atoms with Crippen LogP contribution in [0.15, 0.2) is 23.4 Å². The summed E-state index contributed by atoms with van der Waals surface area (Å²) in [5.74, 6) is 1.06. The predicted octanol–water partition coefficient (Wildman–Crippen LogP) is 2.90. The minimum Gasteiger partial charge on any atom is -0.495 e. The first kappa shape index (κ1) is 19.7. The average molecular weight is 379 g/mol. The van der Waals surface area contributed by atoms with Gasteiger partial charge in [0.1, 0.15) is 11.6 Å². The standard InChI is InChI=1S/C16H21N5O4S/c1-4-6-14-18-19-16(20(14)5-2)26-10-15(22)17-12-9-11(21(23)24)7-8-13(12)25-3/h7-9H,4-6,10H2,1-3H3,(H,17,22). The summed E-state index contributed by atoms with van der Waals surface area (Å²) in [4.78, 5) is 22.6. The second kappa shape index (κ2) is 9.18. The first-order valence-electron chi connectivity index (χ1n) is 8.17. The normalized spacial score (nSPS) is 10.6. The van der Waals surface area contributed by atoms with Crippen molar-refractivity contribution < 1.29 is 14.5 Å². The van der Waals surface area contributed by atoms with Crippen molar-refractivity contribution in [1.29, 1.82) is 0 Å². The molecule has 0 saturated heterocycles. The number of nitro benzene ring substituents is 1. The molecule has 140 valence electrons. The molecule has 0 unspecified atom stereocenters. The topological polar surface area (TPSA) is 112 Å². The number of thioether (sulfide) groups is 1. The molecule has 1 aromatic heterocycles. The largest absolute Gasteiger partial charge is 0.495 e. The van der Waals surface area contributed by atoms with Gasteiger partial charge in [0, 0.05) is 25.1 Å². The quantitative estimate of drug-likeness (QED) is 0.405. The number of ether oxygens (including phenoxy) is 1. The maximum absolute atomic E-state index is 12.3. The van der Waals surface area contributed by atoms with Crippen LogP contribution in [-0.4, -0.2) is 38.5 Å². The first-order chi connectivity index (χ1) is 12.5. The summed E-state index contributed by atoms with van der Waals surface area (Å²) in [7, 11) is 1.44. The van der Waals surface area contributed by atoms with Crippen molar-refractivity contribution in [2.45, 2.75) is 38.4 Å². The minimum atomic E-state index is -0.525. The second-order valence-electron chi connectivity index (χ2n) is 5.37. The fraction of sp³-hybridized carbons (Fsp3) is 0.438. The fourth-order valence-electron chi connectivity index (χ4n) is 2.38. The molecule has 0 bridgehead atoms. The molecule has 0 saturated carbocycles. The molecule has 0 aliphatic heterocycles. The highest BCUT2D eigenvalue weighted by Gasteiger charge is 2.16. The zero-order valence-corrected chi connectivity index (χ0v) is 15.7. The lowest BCUT2D eigenvalue weighted by Gasteiger charge is -2.10. The van der Waals surface area contributed by atoms with E-state index in [0.717, 1.165) is 25.2 Å². The first-order valence-corrected chi connectivity index (χ1v) is 9.15. The number of non-ortho nitro benzene ring substituents is 1. The third-order valence-corrected chi connectivity index (χ3v) is 4.55. The van der Waals surface area contributed by atoms with E-state index in [-0.39, 0.29) is 23.0 Å². The Morgan fingerprint density at radius 3 is 2.77 bits per heavy atom. The summed E-state index contributed by atoms with van der Waals surface area (Å²) in [5, 5.41) is 22.5. The maximum Gasteiger partial charge on any atom is 0.271 e. The molecule has 0 aliphatic rings. The van der Waals surface area contributed by atoms with E-state index in [4.69, 9.17) is 4.74 Å². The Kier molecular flexibility index (Phi) is 6.96. The number of aromatic nitrogens is 3. The van der Waals surface area contributed by atoms with Crippen molar-refractivity contribution >= 4 is 29.0 Å². The molecular formula is C16H21N5O4S. The Hall–Kier alpha value is -2.62. The number of nitrogens with zero attached hydrogens (tertiary/aromatic N) is 4. The van der Waals surface area contributed by atoms with Gasteiger partial charge in [0.25, 0.3) is 5.69 Å². The molecule has 0 aliphatic carbocycles. The molecule has 0 spiro atoms. The van der Waals surface area contributed by atoms with Crippen LogP contribution in [0.4, 0.5) is 11.4 Å². The summed E-state index contributed by atoms with van der Waals surface area (Å²) in [6, 6.07) is 4.04. The van der Waals surface area contributed by atoms with Gasteiger partial charge in [0.2, 0.25) is 5.91 Å². The molecule has 0 radical (unpaired) electrons. The maximum atomic E-state index is 12.3. The highest BCUT2D eigenvalue weighted by atomic mass is 32.2. The van der Waals surface area contributed by atoms with Crippen LogP contribution in [0.1, 0.15) is 26.1 Å². The number of anilines is 1. The Balaban J connectivity index is 2.05. The van der Waals surface area contributed by atoms with E-state index < -0.39 is 4.92 Å². The zero-order chi connectivity index (χ0) is 19.1. The van der Waals surface area contributed by atoms with Crippen molar-refractivity contribution in [2.75, 3.05) is 18.2 Å². The van der Waals surface area contributed by atoms with Gasteiger partial charge >= 0.3 is 0 Å². The van der Waals surface area contributed by atoms with Crippen molar-refractivity contribution in [1.82, 2.24) is 14.8 Å². The molecule has 2 aromatic rings. The van der Waals surface area contributed by atoms with Crippen LogP contribution in [0, 0.1) is 10.1 Å². The Morgan fingerprint density at radius 2 is 2.15 bits per heavy atom. The molecule has 0 atom stereocenters. The van der Waals surface area contributed by atoms with Gasteiger partial charge in [-0.1, -0.05) is 18.7 Å². The lowest BCUT2D eigenvalue weighted by atomic mass is 10.2. The number of amides is 1. The number of aryl methyl sites for hydroxylation is 1. The van der Waals surface area contributed by atoms with Gasteiger partial charge in [-0.3, -0.25) is 14.9 Å². The SMILES string of the molecule is CCCc1nnc(SCC(=O)Nc2cc([N+](=O)[O-])ccc2OC)n1CC.